The van der Waals surface area contributed by atoms with Crippen LogP contribution in [0.2, 0.25) is 0 Å². The van der Waals surface area contributed by atoms with Gasteiger partial charge in [0.15, 0.2) is 0 Å². The lowest BCUT2D eigenvalue weighted by Crippen LogP contribution is -2.29. The maximum absolute atomic E-state index is 11.0. The quantitative estimate of drug-likeness (QED) is 0.524. The van der Waals surface area contributed by atoms with Crippen LogP contribution in [0.25, 0.3) is 0 Å². The molecule has 0 aliphatic carbocycles. The highest BCUT2D eigenvalue weighted by molar-refractivity contribution is 5.58. The number of rotatable bonds is 4. The van der Waals surface area contributed by atoms with Gasteiger partial charge in [-0.2, -0.15) is 0 Å². The average molecular weight is 373 g/mol. The number of phenolic OH excluding ortho intramolecular Hbond substituents is 1. The summed E-state index contributed by atoms with van der Waals surface area (Å²) >= 11 is 0. The Balaban J connectivity index is 2.27. The molecule has 3 aromatic carbocycles. The summed E-state index contributed by atoms with van der Waals surface area (Å²) in [5, 5.41) is 11.0. The molecule has 0 atom stereocenters. The summed E-state index contributed by atoms with van der Waals surface area (Å²) in [5.74, 6) is 0.367. The number of hydrogen-bond acceptors (Lipinski definition) is 1. The van der Waals surface area contributed by atoms with Gasteiger partial charge in [0.05, 0.1) is 0 Å². The number of aryl methyl sites for hydroxylation is 3. The Labute approximate surface area is 170 Å². The zero-order valence-corrected chi connectivity index (χ0v) is 18.2. The molecule has 1 heteroatoms. The summed E-state index contributed by atoms with van der Waals surface area (Å²) in [4.78, 5) is 0. The molecule has 0 amide bonds. The van der Waals surface area contributed by atoms with Gasteiger partial charge in [0, 0.05) is 16.4 Å². The predicted octanol–water partition coefficient (Wildman–Crippen LogP) is 6.97. The minimum atomic E-state index is -0.318. The SMILES string of the molecule is Cc1ccc(C(C)(C)c2c(C)ccc(O)c2C(C)(C)c2ccc(C)cc2)cc1. The van der Waals surface area contributed by atoms with E-state index in [1.165, 1.54) is 33.4 Å². The van der Waals surface area contributed by atoms with E-state index in [4.69, 9.17) is 0 Å². The van der Waals surface area contributed by atoms with Crippen LogP contribution >= 0.6 is 0 Å². The van der Waals surface area contributed by atoms with Crippen molar-refractivity contribution in [2.75, 3.05) is 0 Å². The first-order valence-electron chi connectivity index (χ1n) is 10.0. The van der Waals surface area contributed by atoms with Crippen molar-refractivity contribution in [2.45, 2.75) is 59.3 Å². The van der Waals surface area contributed by atoms with Gasteiger partial charge in [-0.3, -0.25) is 0 Å². The lowest BCUT2D eigenvalue weighted by atomic mass is 9.66. The molecule has 146 valence electrons. The van der Waals surface area contributed by atoms with Crippen molar-refractivity contribution in [3.05, 3.63) is 99.6 Å². The molecule has 1 nitrogen and oxygen atoms in total. The van der Waals surface area contributed by atoms with E-state index in [0.29, 0.717) is 5.75 Å². The van der Waals surface area contributed by atoms with E-state index in [-0.39, 0.29) is 10.8 Å². The number of hydrogen-bond donors (Lipinski definition) is 1. The van der Waals surface area contributed by atoms with E-state index in [1.807, 2.05) is 12.1 Å². The van der Waals surface area contributed by atoms with Crippen LogP contribution in [0.1, 0.15) is 66.6 Å². The van der Waals surface area contributed by atoms with Crippen molar-refractivity contribution in [3.63, 3.8) is 0 Å². The summed E-state index contributed by atoms with van der Waals surface area (Å²) < 4.78 is 0. The van der Waals surface area contributed by atoms with Crippen molar-refractivity contribution in [1.29, 1.82) is 0 Å². The smallest absolute Gasteiger partial charge is 0.119 e. The molecule has 0 spiro atoms. The highest BCUT2D eigenvalue weighted by atomic mass is 16.3. The molecule has 0 aromatic heterocycles. The fraction of sp³-hybridized carbons (Fsp3) is 0.333. The fourth-order valence-electron chi connectivity index (χ4n) is 4.36. The zero-order valence-electron chi connectivity index (χ0n) is 18.2. The first-order chi connectivity index (χ1) is 13.0. The average Bonchev–Trinajstić information content (AvgIpc) is 2.63. The van der Waals surface area contributed by atoms with Crippen LogP contribution in [0.5, 0.6) is 5.75 Å². The van der Waals surface area contributed by atoms with Gasteiger partial charge < -0.3 is 5.11 Å². The molecule has 0 aliphatic rings. The molecule has 0 unspecified atom stereocenters. The molecular weight excluding hydrogens is 340 g/mol. The van der Waals surface area contributed by atoms with Crippen LogP contribution in [0.3, 0.4) is 0 Å². The van der Waals surface area contributed by atoms with Gasteiger partial charge in [0.25, 0.3) is 0 Å². The van der Waals surface area contributed by atoms with Crippen LogP contribution in [0.15, 0.2) is 60.7 Å². The summed E-state index contributed by atoms with van der Waals surface area (Å²) in [6, 6.07) is 21.3. The monoisotopic (exact) mass is 372 g/mol. The number of benzene rings is 3. The summed E-state index contributed by atoms with van der Waals surface area (Å²) in [6.45, 7) is 15.3. The Morgan fingerprint density at radius 3 is 1.36 bits per heavy atom. The number of aromatic hydroxyl groups is 1. The summed E-state index contributed by atoms with van der Waals surface area (Å²) in [5.41, 5.74) is 7.85. The first-order valence-corrected chi connectivity index (χ1v) is 10.0. The molecular formula is C27H32O. The van der Waals surface area contributed by atoms with Gasteiger partial charge in [0.1, 0.15) is 5.75 Å². The minimum Gasteiger partial charge on any atom is -0.508 e. The molecule has 1 N–H and O–H groups in total. The Bertz CT molecular complexity index is 892. The van der Waals surface area contributed by atoms with Crippen LogP contribution < -0.4 is 0 Å². The van der Waals surface area contributed by atoms with Gasteiger partial charge in [-0.15, -0.1) is 0 Å². The molecule has 0 heterocycles. The molecule has 0 saturated carbocycles. The lowest BCUT2D eigenvalue weighted by Gasteiger charge is -2.37. The Morgan fingerprint density at radius 2 is 0.929 bits per heavy atom. The molecule has 3 rings (SSSR count). The maximum atomic E-state index is 11.0. The predicted molar refractivity (Wildman–Crippen MR) is 119 cm³/mol. The Morgan fingerprint density at radius 1 is 0.536 bits per heavy atom. The molecule has 3 aromatic rings. The normalized spacial score (nSPS) is 12.2. The van der Waals surface area contributed by atoms with Gasteiger partial charge in [-0.1, -0.05) is 93.4 Å². The van der Waals surface area contributed by atoms with E-state index in [0.717, 1.165) is 5.56 Å². The van der Waals surface area contributed by atoms with Crippen LogP contribution in [-0.4, -0.2) is 5.11 Å². The third-order valence-electron chi connectivity index (χ3n) is 6.19. The minimum absolute atomic E-state index is 0.228. The van der Waals surface area contributed by atoms with Crippen LogP contribution in [0.4, 0.5) is 0 Å². The van der Waals surface area contributed by atoms with Crippen molar-refractivity contribution in [3.8, 4) is 5.75 Å². The largest absolute Gasteiger partial charge is 0.508 e. The van der Waals surface area contributed by atoms with Gasteiger partial charge in [0.2, 0.25) is 0 Å². The lowest BCUT2D eigenvalue weighted by molar-refractivity contribution is 0.445. The number of phenols is 1. The van der Waals surface area contributed by atoms with Gasteiger partial charge >= 0.3 is 0 Å². The van der Waals surface area contributed by atoms with Crippen molar-refractivity contribution < 1.29 is 5.11 Å². The van der Waals surface area contributed by atoms with Crippen molar-refractivity contribution in [1.82, 2.24) is 0 Å². The van der Waals surface area contributed by atoms with Crippen molar-refractivity contribution in [2.24, 2.45) is 0 Å². The first kappa shape index (κ1) is 20.2. The molecule has 0 fully saturated rings. The second kappa shape index (κ2) is 7.13. The van der Waals surface area contributed by atoms with Crippen LogP contribution in [-0.2, 0) is 10.8 Å². The maximum Gasteiger partial charge on any atom is 0.119 e. The molecule has 0 radical (unpaired) electrons. The molecule has 0 aliphatic heterocycles. The standard InChI is InChI=1S/C27H32O/c1-18-8-13-21(14-9-18)26(4,5)24-20(3)12-17-23(28)25(24)27(6,7)22-15-10-19(2)11-16-22/h8-17,28H,1-7H3. The third-order valence-corrected chi connectivity index (χ3v) is 6.19. The van der Waals surface area contributed by atoms with E-state index < -0.39 is 0 Å². The third kappa shape index (κ3) is 3.46. The second-order valence-corrected chi connectivity index (χ2v) is 9.13. The van der Waals surface area contributed by atoms with Gasteiger partial charge in [-0.05, 0) is 49.1 Å². The summed E-state index contributed by atoms with van der Waals surface area (Å²) in [6.07, 6.45) is 0. The Kier molecular flexibility index (Phi) is 5.14. The molecule has 0 saturated heterocycles. The topological polar surface area (TPSA) is 20.2 Å². The van der Waals surface area contributed by atoms with E-state index in [9.17, 15) is 5.11 Å². The van der Waals surface area contributed by atoms with Crippen LogP contribution in [0, 0.1) is 20.8 Å². The van der Waals surface area contributed by atoms with E-state index in [1.54, 1.807) is 0 Å². The highest BCUT2D eigenvalue weighted by Crippen LogP contribution is 2.46. The van der Waals surface area contributed by atoms with E-state index in [2.05, 4.69) is 97.0 Å². The zero-order chi connectivity index (χ0) is 20.7. The second-order valence-electron chi connectivity index (χ2n) is 9.13. The Hall–Kier alpha value is -2.54. The molecule has 0 bridgehead atoms. The van der Waals surface area contributed by atoms with E-state index >= 15 is 0 Å². The highest BCUT2D eigenvalue weighted by Gasteiger charge is 2.36. The van der Waals surface area contributed by atoms with Gasteiger partial charge in [-0.25, -0.2) is 0 Å². The van der Waals surface area contributed by atoms with Crippen molar-refractivity contribution >= 4 is 0 Å². The molecule has 28 heavy (non-hydrogen) atoms. The summed E-state index contributed by atoms with van der Waals surface area (Å²) in [7, 11) is 0. The fourth-order valence-corrected chi connectivity index (χ4v) is 4.36.